The van der Waals surface area contributed by atoms with Crippen molar-refractivity contribution in [3.63, 3.8) is 0 Å². The van der Waals surface area contributed by atoms with E-state index in [1.54, 1.807) is 6.26 Å². The lowest BCUT2D eigenvalue weighted by Crippen LogP contribution is -2.03. The van der Waals surface area contributed by atoms with Crippen molar-refractivity contribution in [1.82, 2.24) is 0 Å². The molecule has 0 amide bonds. The fourth-order valence-electron chi connectivity index (χ4n) is 1.15. The Bertz CT molecular complexity index is 247. The Balaban J connectivity index is 2.26. The summed E-state index contributed by atoms with van der Waals surface area (Å²) in [5.41, 5.74) is 0. The average Bonchev–Trinajstić information content (AvgIpc) is 2.53. The first kappa shape index (κ1) is 10.0. The first-order valence-electron chi connectivity index (χ1n) is 4.72. The molecule has 0 radical (unpaired) electrons. The van der Waals surface area contributed by atoms with Crippen LogP contribution in [0.2, 0.25) is 0 Å². The van der Waals surface area contributed by atoms with Gasteiger partial charge in [0.2, 0.25) is 0 Å². The molecular formula is C11H16O2. The van der Waals surface area contributed by atoms with Crippen LogP contribution >= 0.6 is 0 Å². The number of furan rings is 1. The van der Waals surface area contributed by atoms with E-state index in [-0.39, 0.29) is 5.78 Å². The first-order valence-corrected chi connectivity index (χ1v) is 4.72. The van der Waals surface area contributed by atoms with Crippen LogP contribution in [0.5, 0.6) is 0 Å². The van der Waals surface area contributed by atoms with Gasteiger partial charge in [0.1, 0.15) is 11.5 Å². The molecule has 0 spiro atoms. The van der Waals surface area contributed by atoms with E-state index in [1.807, 2.05) is 12.1 Å². The summed E-state index contributed by atoms with van der Waals surface area (Å²) < 4.78 is 5.09. The van der Waals surface area contributed by atoms with Gasteiger partial charge in [0.05, 0.1) is 12.7 Å². The quantitative estimate of drug-likeness (QED) is 0.697. The monoisotopic (exact) mass is 180 g/mol. The fraction of sp³-hybridized carbons (Fsp3) is 0.545. The van der Waals surface area contributed by atoms with Crippen molar-refractivity contribution in [1.29, 1.82) is 0 Å². The highest BCUT2D eigenvalue weighted by Crippen LogP contribution is 2.08. The molecule has 0 aliphatic heterocycles. The minimum Gasteiger partial charge on any atom is -0.469 e. The molecule has 72 valence electrons. The van der Waals surface area contributed by atoms with Crippen molar-refractivity contribution in [3.05, 3.63) is 24.2 Å². The average molecular weight is 180 g/mol. The van der Waals surface area contributed by atoms with E-state index in [1.165, 1.54) is 0 Å². The Morgan fingerprint density at radius 3 is 2.85 bits per heavy atom. The summed E-state index contributed by atoms with van der Waals surface area (Å²) in [5, 5.41) is 0. The molecular weight excluding hydrogens is 164 g/mol. The number of carbonyl (C=O) groups is 1. The molecule has 1 aromatic heterocycles. The molecule has 0 atom stereocenters. The van der Waals surface area contributed by atoms with Gasteiger partial charge in [0, 0.05) is 6.42 Å². The number of carbonyl (C=O) groups excluding carboxylic acids is 1. The Hall–Kier alpha value is -1.05. The third-order valence-electron chi connectivity index (χ3n) is 1.95. The molecule has 0 saturated heterocycles. The lowest BCUT2D eigenvalue weighted by molar-refractivity contribution is -0.118. The summed E-state index contributed by atoms with van der Waals surface area (Å²) in [6, 6.07) is 3.65. The standard InChI is InChI=1S/C11H16O2/c1-9(2)5-6-10(12)8-11-4-3-7-13-11/h3-4,7,9H,5-6,8H2,1-2H3. The van der Waals surface area contributed by atoms with Crippen LogP contribution in [0.25, 0.3) is 0 Å². The number of Topliss-reactive ketones (excluding diaryl/α,β-unsaturated/α-hetero) is 1. The molecule has 1 aromatic rings. The van der Waals surface area contributed by atoms with Crippen molar-refractivity contribution in [2.45, 2.75) is 33.1 Å². The van der Waals surface area contributed by atoms with Gasteiger partial charge < -0.3 is 4.42 Å². The van der Waals surface area contributed by atoms with E-state index < -0.39 is 0 Å². The zero-order chi connectivity index (χ0) is 9.68. The summed E-state index contributed by atoms with van der Waals surface area (Å²) in [4.78, 5) is 11.4. The van der Waals surface area contributed by atoms with Crippen molar-refractivity contribution in [2.24, 2.45) is 5.92 Å². The summed E-state index contributed by atoms with van der Waals surface area (Å²) >= 11 is 0. The summed E-state index contributed by atoms with van der Waals surface area (Å²) in [6.07, 6.45) is 3.68. The maximum atomic E-state index is 11.4. The highest BCUT2D eigenvalue weighted by molar-refractivity contribution is 5.80. The van der Waals surface area contributed by atoms with Crippen LogP contribution in [-0.4, -0.2) is 5.78 Å². The minimum atomic E-state index is 0.267. The lowest BCUT2D eigenvalue weighted by Gasteiger charge is -2.01. The van der Waals surface area contributed by atoms with Gasteiger partial charge in [0.25, 0.3) is 0 Å². The smallest absolute Gasteiger partial charge is 0.140 e. The summed E-state index contributed by atoms with van der Waals surface area (Å²) in [5.74, 6) is 1.64. The molecule has 0 aromatic carbocycles. The van der Waals surface area contributed by atoms with Crippen molar-refractivity contribution in [3.8, 4) is 0 Å². The molecule has 0 aliphatic carbocycles. The van der Waals surface area contributed by atoms with Gasteiger partial charge in [-0.15, -0.1) is 0 Å². The molecule has 0 fully saturated rings. The number of ketones is 1. The third kappa shape index (κ3) is 3.92. The Morgan fingerprint density at radius 1 is 1.54 bits per heavy atom. The Labute approximate surface area is 78.9 Å². The molecule has 13 heavy (non-hydrogen) atoms. The molecule has 1 heterocycles. The fourth-order valence-corrected chi connectivity index (χ4v) is 1.15. The van der Waals surface area contributed by atoms with Gasteiger partial charge in [-0.3, -0.25) is 4.79 Å². The molecule has 0 aliphatic rings. The molecule has 0 saturated carbocycles. The van der Waals surface area contributed by atoms with E-state index in [0.29, 0.717) is 18.8 Å². The van der Waals surface area contributed by atoms with Gasteiger partial charge in [-0.1, -0.05) is 13.8 Å². The van der Waals surface area contributed by atoms with E-state index in [0.717, 1.165) is 12.2 Å². The van der Waals surface area contributed by atoms with Crippen LogP contribution in [0.1, 0.15) is 32.4 Å². The van der Waals surface area contributed by atoms with Crippen LogP contribution in [0, 0.1) is 5.92 Å². The number of rotatable bonds is 5. The maximum Gasteiger partial charge on any atom is 0.140 e. The molecule has 1 rings (SSSR count). The molecule has 0 unspecified atom stereocenters. The van der Waals surface area contributed by atoms with Gasteiger partial charge in [-0.25, -0.2) is 0 Å². The SMILES string of the molecule is CC(C)CCC(=O)Cc1ccco1. The van der Waals surface area contributed by atoms with Crippen molar-refractivity contribution < 1.29 is 9.21 Å². The Kier molecular flexibility index (Phi) is 3.74. The summed E-state index contributed by atoms with van der Waals surface area (Å²) in [7, 11) is 0. The Morgan fingerprint density at radius 2 is 2.31 bits per heavy atom. The predicted molar refractivity (Wildman–Crippen MR) is 51.5 cm³/mol. The zero-order valence-electron chi connectivity index (χ0n) is 8.25. The topological polar surface area (TPSA) is 30.2 Å². The van der Waals surface area contributed by atoms with Crippen LogP contribution in [0.4, 0.5) is 0 Å². The van der Waals surface area contributed by atoms with Crippen molar-refractivity contribution in [2.75, 3.05) is 0 Å². The second kappa shape index (κ2) is 4.85. The third-order valence-corrected chi connectivity index (χ3v) is 1.95. The summed E-state index contributed by atoms with van der Waals surface area (Å²) in [6.45, 7) is 4.25. The van der Waals surface area contributed by atoms with Crippen LogP contribution in [0.3, 0.4) is 0 Å². The largest absolute Gasteiger partial charge is 0.469 e. The first-order chi connectivity index (χ1) is 6.18. The second-order valence-electron chi connectivity index (χ2n) is 3.73. The van der Waals surface area contributed by atoms with Crippen LogP contribution in [0.15, 0.2) is 22.8 Å². The van der Waals surface area contributed by atoms with E-state index in [4.69, 9.17) is 4.42 Å². The molecule has 2 heteroatoms. The zero-order valence-corrected chi connectivity index (χ0v) is 8.25. The molecule has 2 nitrogen and oxygen atoms in total. The second-order valence-corrected chi connectivity index (χ2v) is 3.73. The maximum absolute atomic E-state index is 11.4. The van der Waals surface area contributed by atoms with Gasteiger partial charge in [-0.2, -0.15) is 0 Å². The normalized spacial score (nSPS) is 10.7. The molecule has 0 N–H and O–H groups in total. The lowest BCUT2D eigenvalue weighted by atomic mass is 10.0. The van der Waals surface area contributed by atoms with E-state index in [9.17, 15) is 4.79 Å². The van der Waals surface area contributed by atoms with Gasteiger partial charge in [0.15, 0.2) is 0 Å². The van der Waals surface area contributed by atoms with Gasteiger partial charge >= 0.3 is 0 Å². The molecule has 0 bridgehead atoms. The van der Waals surface area contributed by atoms with E-state index >= 15 is 0 Å². The van der Waals surface area contributed by atoms with Crippen LogP contribution < -0.4 is 0 Å². The highest BCUT2D eigenvalue weighted by Gasteiger charge is 2.06. The minimum absolute atomic E-state index is 0.267. The van der Waals surface area contributed by atoms with Crippen LogP contribution in [-0.2, 0) is 11.2 Å². The number of hydrogen-bond donors (Lipinski definition) is 0. The highest BCUT2D eigenvalue weighted by atomic mass is 16.3. The number of hydrogen-bond acceptors (Lipinski definition) is 2. The van der Waals surface area contributed by atoms with Gasteiger partial charge in [-0.05, 0) is 24.5 Å². The van der Waals surface area contributed by atoms with Crippen molar-refractivity contribution >= 4 is 5.78 Å². The predicted octanol–water partition coefficient (Wildman–Crippen LogP) is 2.83. The van der Waals surface area contributed by atoms with E-state index in [2.05, 4.69) is 13.8 Å².